The zero-order valence-corrected chi connectivity index (χ0v) is 15.1. The van der Waals surface area contributed by atoms with E-state index >= 15 is 0 Å². The molecule has 1 amide bonds. The zero-order chi connectivity index (χ0) is 19.7. The quantitative estimate of drug-likeness (QED) is 0.566. The van der Waals surface area contributed by atoms with E-state index in [1.807, 2.05) is 19.1 Å². The van der Waals surface area contributed by atoms with Crippen LogP contribution in [0.25, 0.3) is 22.6 Å². The van der Waals surface area contributed by atoms with Gasteiger partial charge in [-0.25, -0.2) is 9.37 Å². The summed E-state index contributed by atoms with van der Waals surface area (Å²) in [4.78, 5) is 25.4. The number of rotatable bonds is 4. The van der Waals surface area contributed by atoms with Crippen LogP contribution in [-0.4, -0.2) is 20.9 Å². The summed E-state index contributed by atoms with van der Waals surface area (Å²) in [6.07, 6.45) is 3.07. The SMILES string of the molecule is Cc1nc(-c2ccc(F)cc2)c(C(=O)Nc2nc(-c3ncccc3C)co2)o1. The molecule has 140 valence electrons. The van der Waals surface area contributed by atoms with E-state index in [0.29, 0.717) is 28.5 Å². The first-order valence-corrected chi connectivity index (χ1v) is 8.43. The van der Waals surface area contributed by atoms with Gasteiger partial charge in [-0.3, -0.25) is 15.1 Å². The monoisotopic (exact) mass is 378 g/mol. The summed E-state index contributed by atoms with van der Waals surface area (Å²) in [6.45, 7) is 3.53. The van der Waals surface area contributed by atoms with E-state index in [2.05, 4.69) is 20.3 Å². The average Bonchev–Trinajstić information content (AvgIpc) is 3.29. The van der Waals surface area contributed by atoms with Gasteiger partial charge in [-0.15, -0.1) is 0 Å². The van der Waals surface area contributed by atoms with Crippen LogP contribution in [0.2, 0.25) is 0 Å². The van der Waals surface area contributed by atoms with E-state index < -0.39 is 5.91 Å². The number of carbonyl (C=O) groups is 1. The van der Waals surface area contributed by atoms with Crippen molar-refractivity contribution in [3.05, 3.63) is 71.9 Å². The van der Waals surface area contributed by atoms with Crippen molar-refractivity contribution in [3.8, 4) is 22.6 Å². The number of nitrogens with one attached hydrogen (secondary N) is 1. The summed E-state index contributed by atoms with van der Waals surface area (Å²) in [5.74, 6) is -0.669. The lowest BCUT2D eigenvalue weighted by Crippen LogP contribution is -2.12. The number of hydrogen-bond donors (Lipinski definition) is 1. The molecular weight excluding hydrogens is 363 g/mol. The number of anilines is 1. The summed E-state index contributed by atoms with van der Waals surface area (Å²) in [5, 5.41) is 2.55. The van der Waals surface area contributed by atoms with Gasteiger partial charge in [-0.05, 0) is 42.8 Å². The minimum atomic E-state index is -0.578. The minimum Gasteiger partial charge on any atom is -0.435 e. The van der Waals surface area contributed by atoms with E-state index in [1.54, 1.807) is 13.1 Å². The lowest BCUT2D eigenvalue weighted by molar-refractivity contribution is 0.0993. The number of hydrogen-bond acceptors (Lipinski definition) is 6. The third-order valence-corrected chi connectivity index (χ3v) is 4.03. The number of carbonyl (C=O) groups excluding carboxylic acids is 1. The Labute approximate surface area is 159 Å². The summed E-state index contributed by atoms with van der Waals surface area (Å²) in [6, 6.07) is 9.36. The summed E-state index contributed by atoms with van der Waals surface area (Å²) in [5.41, 5.74) is 2.95. The van der Waals surface area contributed by atoms with Crippen LogP contribution >= 0.6 is 0 Å². The van der Waals surface area contributed by atoms with Gasteiger partial charge in [0.2, 0.25) is 5.76 Å². The molecule has 3 aromatic heterocycles. The number of nitrogens with zero attached hydrogens (tertiary/aromatic N) is 3. The summed E-state index contributed by atoms with van der Waals surface area (Å²) >= 11 is 0. The highest BCUT2D eigenvalue weighted by atomic mass is 19.1. The fraction of sp³-hybridized carbons (Fsp3) is 0.100. The Hall–Kier alpha value is -3.81. The Kier molecular flexibility index (Phi) is 4.44. The van der Waals surface area contributed by atoms with Crippen LogP contribution in [0.1, 0.15) is 22.0 Å². The first-order chi connectivity index (χ1) is 13.5. The number of halogens is 1. The number of amides is 1. The molecule has 1 N–H and O–H groups in total. The van der Waals surface area contributed by atoms with Crippen molar-refractivity contribution in [1.29, 1.82) is 0 Å². The molecule has 0 aliphatic rings. The first-order valence-electron chi connectivity index (χ1n) is 8.43. The van der Waals surface area contributed by atoms with Gasteiger partial charge in [0, 0.05) is 18.7 Å². The Bertz CT molecular complexity index is 1150. The van der Waals surface area contributed by atoms with Crippen molar-refractivity contribution in [2.75, 3.05) is 5.32 Å². The van der Waals surface area contributed by atoms with Crippen molar-refractivity contribution in [2.45, 2.75) is 13.8 Å². The zero-order valence-electron chi connectivity index (χ0n) is 15.1. The molecule has 0 saturated heterocycles. The van der Waals surface area contributed by atoms with Gasteiger partial charge in [-0.1, -0.05) is 6.07 Å². The topological polar surface area (TPSA) is 94.1 Å². The molecule has 0 aliphatic heterocycles. The summed E-state index contributed by atoms with van der Waals surface area (Å²) < 4.78 is 24.0. The molecule has 0 unspecified atom stereocenters. The first kappa shape index (κ1) is 17.6. The maximum Gasteiger partial charge on any atom is 0.302 e. The predicted octanol–water partition coefficient (Wildman–Crippen LogP) is 4.40. The Morgan fingerprint density at radius 1 is 1.07 bits per heavy atom. The molecule has 0 saturated carbocycles. The normalized spacial score (nSPS) is 10.8. The second kappa shape index (κ2) is 7.07. The standard InChI is InChI=1S/C20H15FN4O3/c1-11-4-3-9-22-16(11)15-10-27-20(24-15)25-19(26)18-17(23-12(2)28-18)13-5-7-14(21)8-6-13/h3-10H,1-2H3,(H,24,25,26). The van der Waals surface area contributed by atoms with E-state index in [1.165, 1.54) is 30.5 Å². The number of benzene rings is 1. The third-order valence-electron chi connectivity index (χ3n) is 4.03. The van der Waals surface area contributed by atoms with Crippen LogP contribution in [0.15, 0.2) is 57.7 Å². The van der Waals surface area contributed by atoms with Gasteiger partial charge < -0.3 is 8.83 Å². The molecule has 0 fully saturated rings. The third kappa shape index (κ3) is 3.39. The molecule has 0 spiro atoms. The fourth-order valence-electron chi connectivity index (χ4n) is 2.73. The van der Waals surface area contributed by atoms with Crippen molar-refractivity contribution >= 4 is 11.9 Å². The van der Waals surface area contributed by atoms with Crippen molar-refractivity contribution < 1.29 is 18.0 Å². The fourth-order valence-corrected chi connectivity index (χ4v) is 2.73. The minimum absolute atomic E-state index is 0.00385. The van der Waals surface area contributed by atoms with E-state index in [-0.39, 0.29) is 17.6 Å². The highest BCUT2D eigenvalue weighted by molar-refractivity contribution is 6.05. The van der Waals surface area contributed by atoms with Crippen molar-refractivity contribution in [2.24, 2.45) is 0 Å². The van der Waals surface area contributed by atoms with E-state index in [4.69, 9.17) is 8.83 Å². The van der Waals surface area contributed by atoms with Crippen LogP contribution < -0.4 is 5.32 Å². The largest absolute Gasteiger partial charge is 0.435 e. The van der Waals surface area contributed by atoms with Crippen molar-refractivity contribution in [1.82, 2.24) is 15.0 Å². The lowest BCUT2D eigenvalue weighted by Gasteiger charge is -2.01. The van der Waals surface area contributed by atoms with Gasteiger partial charge in [0.15, 0.2) is 5.89 Å². The number of aryl methyl sites for hydroxylation is 2. The van der Waals surface area contributed by atoms with Gasteiger partial charge in [0.05, 0.1) is 5.69 Å². The molecule has 0 radical (unpaired) electrons. The number of oxazole rings is 2. The Morgan fingerprint density at radius 3 is 2.61 bits per heavy atom. The van der Waals surface area contributed by atoms with E-state index in [0.717, 1.165) is 5.56 Å². The van der Waals surface area contributed by atoms with E-state index in [9.17, 15) is 9.18 Å². The lowest BCUT2D eigenvalue weighted by atomic mass is 10.1. The molecule has 8 heteroatoms. The molecule has 3 heterocycles. The molecule has 4 aromatic rings. The Balaban J connectivity index is 1.60. The molecule has 0 aliphatic carbocycles. The number of pyridine rings is 1. The van der Waals surface area contributed by atoms with Gasteiger partial charge in [-0.2, -0.15) is 4.98 Å². The molecule has 28 heavy (non-hydrogen) atoms. The van der Waals surface area contributed by atoms with Crippen LogP contribution in [-0.2, 0) is 0 Å². The highest BCUT2D eigenvalue weighted by Crippen LogP contribution is 2.26. The van der Waals surface area contributed by atoms with Crippen LogP contribution in [0.3, 0.4) is 0 Å². The average molecular weight is 378 g/mol. The molecule has 1 aromatic carbocycles. The van der Waals surface area contributed by atoms with Crippen LogP contribution in [0.4, 0.5) is 10.4 Å². The smallest absolute Gasteiger partial charge is 0.302 e. The van der Waals surface area contributed by atoms with Crippen LogP contribution in [0.5, 0.6) is 0 Å². The molecule has 0 atom stereocenters. The second-order valence-corrected chi connectivity index (χ2v) is 6.08. The Morgan fingerprint density at radius 2 is 1.86 bits per heavy atom. The predicted molar refractivity (Wildman–Crippen MR) is 99.1 cm³/mol. The van der Waals surface area contributed by atoms with Crippen LogP contribution in [0, 0.1) is 19.7 Å². The van der Waals surface area contributed by atoms with Gasteiger partial charge >= 0.3 is 6.01 Å². The summed E-state index contributed by atoms with van der Waals surface area (Å²) in [7, 11) is 0. The van der Waals surface area contributed by atoms with Crippen molar-refractivity contribution in [3.63, 3.8) is 0 Å². The molecule has 7 nitrogen and oxygen atoms in total. The van der Waals surface area contributed by atoms with Gasteiger partial charge in [0.25, 0.3) is 5.91 Å². The molecule has 4 rings (SSSR count). The number of aromatic nitrogens is 3. The molecular formula is C20H15FN4O3. The maximum atomic E-state index is 13.2. The molecule has 0 bridgehead atoms. The maximum absolute atomic E-state index is 13.2. The highest BCUT2D eigenvalue weighted by Gasteiger charge is 2.22. The van der Waals surface area contributed by atoms with Gasteiger partial charge in [0.1, 0.15) is 23.5 Å². The second-order valence-electron chi connectivity index (χ2n) is 6.08.